The van der Waals surface area contributed by atoms with E-state index in [-0.39, 0.29) is 46.2 Å². The molecule has 2 aliphatic heterocycles. The molecule has 0 aromatic carbocycles. The maximum absolute atomic E-state index is 11.8. The molecule has 0 amide bonds. The van der Waals surface area contributed by atoms with Crippen molar-refractivity contribution in [2.45, 2.75) is 116 Å². The molecule has 6 nitrogen and oxygen atoms in total. The molecule has 2 spiro atoms. The minimum atomic E-state index is -0.797. The fraction of sp³-hybridized carbons (Fsp3) is 0.923. The van der Waals surface area contributed by atoms with Gasteiger partial charge in [-0.25, -0.2) is 0 Å². The van der Waals surface area contributed by atoms with Crippen LogP contribution in [-0.2, 0) is 28.5 Å². The first-order chi connectivity index (χ1) is 14.9. The zero-order chi connectivity index (χ0) is 22.9. The van der Waals surface area contributed by atoms with Crippen molar-refractivity contribution in [3.05, 3.63) is 0 Å². The number of epoxide rings is 2. The van der Waals surface area contributed by atoms with E-state index in [1.807, 2.05) is 6.92 Å². The molecule has 32 heavy (non-hydrogen) atoms. The molecule has 11 atom stereocenters. The van der Waals surface area contributed by atoms with Crippen LogP contribution in [0.1, 0.15) is 86.5 Å². The van der Waals surface area contributed by atoms with Crippen LogP contribution in [0.4, 0.5) is 0 Å². The highest BCUT2D eigenvalue weighted by Crippen LogP contribution is 2.79. The highest BCUT2D eigenvalue weighted by Gasteiger charge is 2.86. The van der Waals surface area contributed by atoms with Gasteiger partial charge in [-0.3, -0.25) is 9.59 Å². The number of esters is 2. The van der Waals surface area contributed by atoms with Crippen LogP contribution < -0.4 is 0 Å². The van der Waals surface area contributed by atoms with E-state index in [9.17, 15) is 9.59 Å². The van der Waals surface area contributed by atoms with Gasteiger partial charge in [0, 0.05) is 38.0 Å². The first-order valence-electron chi connectivity index (χ1n) is 12.7. The van der Waals surface area contributed by atoms with Crippen molar-refractivity contribution in [3.8, 4) is 0 Å². The number of fused-ring (bicyclic) bond motifs is 5. The van der Waals surface area contributed by atoms with Crippen molar-refractivity contribution < 1.29 is 28.5 Å². The van der Waals surface area contributed by atoms with Crippen molar-refractivity contribution in [2.24, 2.45) is 34.5 Å². The summed E-state index contributed by atoms with van der Waals surface area (Å²) < 4.78 is 24.4. The van der Waals surface area contributed by atoms with E-state index in [1.54, 1.807) is 0 Å². The standard InChI is InChI=1S/C26H38O6/c1-14-11-20-18-12-21-25(31-21)13-17(29-15(2)27)7-9-22(25,4)19(18)8-10-23(20,5)26(14)24(6,32-26)30-16(3)28/h14,17-21H,7-13H2,1-6H3/t14-,17+,18-,19+,20+,21+,22-,23+,24+,25+,26-/m1/s1. The van der Waals surface area contributed by atoms with Gasteiger partial charge in [0.15, 0.2) is 0 Å². The van der Waals surface area contributed by atoms with Gasteiger partial charge in [0.1, 0.15) is 17.3 Å². The maximum Gasteiger partial charge on any atom is 0.305 e. The third kappa shape index (κ3) is 2.29. The summed E-state index contributed by atoms with van der Waals surface area (Å²) in [6.07, 6.45) is 7.62. The quantitative estimate of drug-likeness (QED) is 0.463. The van der Waals surface area contributed by atoms with Crippen LogP contribution in [0.3, 0.4) is 0 Å². The lowest BCUT2D eigenvalue weighted by Gasteiger charge is -2.59. The van der Waals surface area contributed by atoms with Crippen LogP contribution in [0.25, 0.3) is 0 Å². The van der Waals surface area contributed by atoms with Crippen LogP contribution in [0.15, 0.2) is 0 Å². The molecule has 6 heteroatoms. The Morgan fingerprint density at radius 1 is 0.938 bits per heavy atom. The summed E-state index contributed by atoms with van der Waals surface area (Å²) in [5.41, 5.74) is -0.322. The smallest absolute Gasteiger partial charge is 0.305 e. The molecule has 2 heterocycles. The summed E-state index contributed by atoms with van der Waals surface area (Å²) >= 11 is 0. The second-order valence-corrected chi connectivity index (χ2v) is 12.5. The molecule has 0 unspecified atom stereocenters. The lowest BCUT2D eigenvalue weighted by molar-refractivity contribution is -0.159. The fourth-order valence-electron chi connectivity index (χ4n) is 10.1. The molecule has 2 saturated heterocycles. The summed E-state index contributed by atoms with van der Waals surface area (Å²) in [6, 6.07) is 0. The molecule has 6 aliphatic rings. The average Bonchev–Trinajstić information content (AvgIpc) is 3.52. The van der Waals surface area contributed by atoms with Crippen LogP contribution in [0, 0.1) is 34.5 Å². The summed E-state index contributed by atoms with van der Waals surface area (Å²) in [6.45, 7) is 12.1. The van der Waals surface area contributed by atoms with Crippen LogP contribution >= 0.6 is 0 Å². The highest BCUT2D eigenvalue weighted by molar-refractivity contribution is 5.67. The first kappa shape index (κ1) is 21.4. The molecule has 4 saturated carbocycles. The molecule has 0 aromatic rings. The second kappa shape index (κ2) is 6.10. The summed E-state index contributed by atoms with van der Waals surface area (Å²) in [5.74, 6) is 0.910. The SMILES string of the molecule is CC(=O)O[C@H]1CC[C@]2(C)[C@H]3CC[C@@]4(C)[C@@H](C[C@@H](C)[C@@]45O[C@]5(C)OC(C)=O)[C@@H]3C[C@@H]3O[C@@]32C1. The Balaban J connectivity index is 1.29. The molecule has 0 N–H and O–H groups in total. The number of ether oxygens (including phenoxy) is 4. The van der Waals surface area contributed by atoms with Gasteiger partial charge >= 0.3 is 11.9 Å². The summed E-state index contributed by atoms with van der Waals surface area (Å²) in [7, 11) is 0. The van der Waals surface area contributed by atoms with Crippen LogP contribution in [-0.4, -0.2) is 41.1 Å². The fourth-order valence-corrected chi connectivity index (χ4v) is 10.1. The molecule has 0 bridgehead atoms. The topological polar surface area (TPSA) is 77.7 Å². The van der Waals surface area contributed by atoms with E-state index in [0.29, 0.717) is 23.7 Å². The van der Waals surface area contributed by atoms with E-state index in [0.717, 1.165) is 44.9 Å². The van der Waals surface area contributed by atoms with Gasteiger partial charge in [-0.1, -0.05) is 20.8 Å². The zero-order valence-electron chi connectivity index (χ0n) is 20.4. The molecule has 6 rings (SSSR count). The normalized spacial score (nSPS) is 59.3. The van der Waals surface area contributed by atoms with Crippen LogP contribution in [0.2, 0.25) is 0 Å². The van der Waals surface area contributed by atoms with E-state index in [1.165, 1.54) is 13.8 Å². The Morgan fingerprint density at radius 2 is 1.66 bits per heavy atom. The Hall–Kier alpha value is -1.14. The van der Waals surface area contributed by atoms with Gasteiger partial charge in [-0.2, -0.15) is 0 Å². The van der Waals surface area contributed by atoms with E-state index < -0.39 is 5.79 Å². The predicted octanol–water partition coefficient (Wildman–Crippen LogP) is 4.39. The molecule has 0 radical (unpaired) electrons. The average molecular weight is 447 g/mol. The van der Waals surface area contributed by atoms with Gasteiger partial charge < -0.3 is 18.9 Å². The molecule has 0 aromatic heterocycles. The Kier molecular flexibility index (Phi) is 4.08. The minimum Gasteiger partial charge on any atom is -0.462 e. The second-order valence-electron chi connectivity index (χ2n) is 12.5. The maximum atomic E-state index is 11.8. The Labute approximate surface area is 191 Å². The number of carbonyl (C=O) groups is 2. The summed E-state index contributed by atoms with van der Waals surface area (Å²) in [4.78, 5) is 23.4. The number of rotatable bonds is 2. The molecular formula is C26H38O6. The van der Waals surface area contributed by atoms with Crippen molar-refractivity contribution in [1.29, 1.82) is 0 Å². The number of carbonyl (C=O) groups excluding carboxylic acids is 2. The van der Waals surface area contributed by atoms with E-state index in [4.69, 9.17) is 18.9 Å². The molecule has 4 aliphatic carbocycles. The van der Waals surface area contributed by atoms with Crippen molar-refractivity contribution in [2.75, 3.05) is 0 Å². The predicted molar refractivity (Wildman–Crippen MR) is 115 cm³/mol. The van der Waals surface area contributed by atoms with Crippen molar-refractivity contribution in [3.63, 3.8) is 0 Å². The monoisotopic (exact) mass is 446 g/mol. The van der Waals surface area contributed by atoms with Gasteiger partial charge in [-0.15, -0.1) is 0 Å². The molecule has 6 fully saturated rings. The largest absolute Gasteiger partial charge is 0.462 e. The van der Waals surface area contributed by atoms with E-state index >= 15 is 0 Å². The third-order valence-corrected chi connectivity index (χ3v) is 11.2. The Bertz CT molecular complexity index is 888. The number of hydrogen-bond acceptors (Lipinski definition) is 6. The van der Waals surface area contributed by atoms with Gasteiger partial charge in [-0.05, 0) is 62.2 Å². The van der Waals surface area contributed by atoms with Gasteiger partial charge in [0.25, 0.3) is 0 Å². The van der Waals surface area contributed by atoms with Crippen molar-refractivity contribution >= 4 is 11.9 Å². The molecular weight excluding hydrogens is 408 g/mol. The van der Waals surface area contributed by atoms with E-state index in [2.05, 4.69) is 20.8 Å². The third-order valence-electron chi connectivity index (χ3n) is 11.2. The van der Waals surface area contributed by atoms with Crippen molar-refractivity contribution in [1.82, 2.24) is 0 Å². The Morgan fingerprint density at radius 3 is 2.34 bits per heavy atom. The zero-order valence-corrected chi connectivity index (χ0v) is 20.4. The number of hydrogen-bond donors (Lipinski definition) is 0. The van der Waals surface area contributed by atoms with Gasteiger partial charge in [0.2, 0.25) is 5.79 Å². The molecule has 178 valence electrons. The van der Waals surface area contributed by atoms with Gasteiger partial charge in [0.05, 0.1) is 6.10 Å². The first-order valence-corrected chi connectivity index (χ1v) is 12.7. The lowest BCUT2D eigenvalue weighted by atomic mass is 9.44. The highest BCUT2D eigenvalue weighted by atomic mass is 16.8. The lowest BCUT2D eigenvalue weighted by Crippen LogP contribution is -2.59. The van der Waals surface area contributed by atoms with Crippen LogP contribution in [0.5, 0.6) is 0 Å². The minimum absolute atomic E-state index is 0.00458. The summed E-state index contributed by atoms with van der Waals surface area (Å²) in [5, 5.41) is 0.